The molecule has 3 aromatic carbocycles. The lowest BCUT2D eigenvalue weighted by molar-refractivity contribution is -0.119. The number of para-hydroxylation sites is 1. The minimum Gasteiger partial charge on any atom is -0.271 e. The van der Waals surface area contributed by atoms with Gasteiger partial charge in [-0.05, 0) is 36.8 Å². The fraction of sp³-hybridized carbons (Fsp3) is 0.0909. The SMILES string of the molecule is C/C(=N/NC(=O)CN(c1ccccc1)S(=O)(=O)c1ccccc1)c1ccccc1. The number of hydrogen-bond acceptors (Lipinski definition) is 4. The van der Waals surface area contributed by atoms with Crippen molar-refractivity contribution in [1.82, 2.24) is 5.43 Å². The summed E-state index contributed by atoms with van der Waals surface area (Å²) in [4.78, 5) is 12.6. The molecule has 29 heavy (non-hydrogen) atoms. The topological polar surface area (TPSA) is 78.8 Å². The number of carbonyl (C=O) groups is 1. The minimum absolute atomic E-state index is 0.112. The summed E-state index contributed by atoms with van der Waals surface area (Å²) in [5.41, 5.74) is 4.33. The third-order valence-electron chi connectivity index (χ3n) is 4.20. The molecule has 0 fully saturated rings. The second-order valence-electron chi connectivity index (χ2n) is 6.26. The number of sulfonamides is 1. The van der Waals surface area contributed by atoms with E-state index in [1.165, 1.54) is 12.1 Å². The van der Waals surface area contributed by atoms with Gasteiger partial charge in [-0.25, -0.2) is 13.8 Å². The molecule has 0 aromatic heterocycles. The molecule has 0 atom stereocenters. The quantitative estimate of drug-likeness (QED) is 0.481. The van der Waals surface area contributed by atoms with E-state index in [1.54, 1.807) is 55.5 Å². The molecule has 0 heterocycles. The van der Waals surface area contributed by atoms with Crippen LogP contribution in [0.2, 0.25) is 0 Å². The lowest BCUT2D eigenvalue weighted by Crippen LogP contribution is -2.39. The van der Waals surface area contributed by atoms with Crippen LogP contribution in [0.4, 0.5) is 5.69 Å². The van der Waals surface area contributed by atoms with E-state index in [0.717, 1.165) is 9.87 Å². The molecule has 0 saturated heterocycles. The molecule has 0 aliphatic heterocycles. The predicted molar refractivity (Wildman–Crippen MR) is 114 cm³/mol. The average Bonchev–Trinajstić information content (AvgIpc) is 2.77. The van der Waals surface area contributed by atoms with Gasteiger partial charge in [0.05, 0.1) is 16.3 Å². The fourth-order valence-corrected chi connectivity index (χ4v) is 4.13. The van der Waals surface area contributed by atoms with Crippen LogP contribution in [0.1, 0.15) is 12.5 Å². The summed E-state index contributed by atoms with van der Waals surface area (Å²) in [6.45, 7) is 1.37. The summed E-state index contributed by atoms with van der Waals surface area (Å²) >= 11 is 0. The van der Waals surface area contributed by atoms with E-state index in [9.17, 15) is 13.2 Å². The van der Waals surface area contributed by atoms with E-state index >= 15 is 0 Å². The van der Waals surface area contributed by atoms with Gasteiger partial charge in [-0.2, -0.15) is 5.10 Å². The molecule has 7 heteroatoms. The Kier molecular flexibility index (Phi) is 6.41. The Balaban J connectivity index is 1.83. The lowest BCUT2D eigenvalue weighted by atomic mass is 10.1. The molecule has 6 nitrogen and oxygen atoms in total. The fourth-order valence-electron chi connectivity index (χ4n) is 2.68. The molecule has 3 aromatic rings. The number of nitrogens with zero attached hydrogens (tertiary/aromatic N) is 2. The first-order chi connectivity index (χ1) is 14.0. The van der Waals surface area contributed by atoms with Gasteiger partial charge in [0.25, 0.3) is 15.9 Å². The van der Waals surface area contributed by atoms with Crippen LogP contribution in [0.15, 0.2) is 101 Å². The first-order valence-corrected chi connectivity index (χ1v) is 10.4. The van der Waals surface area contributed by atoms with Gasteiger partial charge < -0.3 is 0 Å². The van der Waals surface area contributed by atoms with Crippen LogP contribution in [0.25, 0.3) is 0 Å². The number of carbonyl (C=O) groups excluding carboxylic acids is 1. The van der Waals surface area contributed by atoms with Gasteiger partial charge in [0.15, 0.2) is 0 Å². The molecular formula is C22H21N3O3S. The Bertz CT molecular complexity index is 1080. The molecule has 1 N–H and O–H groups in total. The maximum Gasteiger partial charge on any atom is 0.264 e. The van der Waals surface area contributed by atoms with Gasteiger partial charge in [0.2, 0.25) is 0 Å². The smallest absolute Gasteiger partial charge is 0.264 e. The third kappa shape index (κ3) is 5.08. The summed E-state index contributed by atoms with van der Waals surface area (Å²) in [5.74, 6) is -0.538. The minimum atomic E-state index is -3.92. The maximum atomic E-state index is 13.1. The largest absolute Gasteiger partial charge is 0.271 e. The van der Waals surface area contributed by atoms with Crippen molar-refractivity contribution in [1.29, 1.82) is 0 Å². The highest BCUT2D eigenvalue weighted by Gasteiger charge is 2.26. The molecule has 1 amide bonds. The van der Waals surface area contributed by atoms with E-state index in [-0.39, 0.29) is 4.90 Å². The van der Waals surface area contributed by atoms with Crippen LogP contribution < -0.4 is 9.73 Å². The molecule has 0 unspecified atom stereocenters. The van der Waals surface area contributed by atoms with Gasteiger partial charge >= 0.3 is 0 Å². The van der Waals surface area contributed by atoms with Crippen LogP contribution in [0.3, 0.4) is 0 Å². The van der Waals surface area contributed by atoms with Gasteiger partial charge in [-0.15, -0.1) is 0 Å². The van der Waals surface area contributed by atoms with Crippen LogP contribution in [0, 0.1) is 0 Å². The van der Waals surface area contributed by atoms with Gasteiger partial charge in [-0.1, -0.05) is 66.7 Å². The van der Waals surface area contributed by atoms with Crippen molar-refractivity contribution in [3.05, 3.63) is 96.6 Å². The Labute approximate surface area is 170 Å². The van der Waals surface area contributed by atoms with Crippen molar-refractivity contribution in [3.63, 3.8) is 0 Å². The van der Waals surface area contributed by atoms with E-state index in [2.05, 4.69) is 10.5 Å². The number of anilines is 1. The Morgan fingerprint density at radius 2 is 1.38 bits per heavy atom. The maximum absolute atomic E-state index is 13.1. The summed E-state index contributed by atoms with van der Waals surface area (Å²) in [5, 5.41) is 4.09. The zero-order valence-electron chi connectivity index (χ0n) is 15.9. The first kappa shape index (κ1) is 20.3. The Morgan fingerprint density at radius 1 is 0.862 bits per heavy atom. The lowest BCUT2D eigenvalue weighted by Gasteiger charge is -2.23. The van der Waals surface area contributed by atoms with Crippen molar-refractivity contribution in [2.75, 3.05) is 10.8 Å². The molecule has 3 rings (SSSR count). The second kappa shape index (κ2) is 9.16. The highest BCUT2D eigenvalue weighted by atomic mass is 32.2. The molecule has 0 aliphatic rings. The zero-order chi connectivity index (χ0) is 20.7. The monoisotopic (exact) mass is 407 g/mol. The Morgan fingerprint density at radius 3 is 1.97 bits per heavy atom. The van der Waals surface area contributed by atoms with Crippen molar-refractivity contribution in [2.45, 2.75) is 11.8 Å². The van der Waals surface area contributed by atoms with E-state index in [4.69, 9.17) is 0 Å². The number of nitrogens with one attached hydrogen (secondary N) is 1. The number of hydrazone groups is 1. The molecule has 0 spiro atoms. The zero-order valence-corrected chi connectivity index (χ0v) is 16.7. The summed E-state index contributed by atoms with van der Waals surface area (Å²) in [7, 11) is -3.92. The third-order valence-corrected chi connectivity index (χ3v) is 5.99. The van der Waals surface area contributed by atoms with Crippen LogP contribution in [0.5, 0.6) is 0 Å². The molecule has 148 valence electrons. The highest BCUT2D eigenvalue weighted by molar-refractivity contribution is 7.92. The summed E-state index contributed by atoms with van der Waals surface area (Å²) < 4.78 is 27.4. The molecule has 0 bridgehead atoms. The van der Waals surface area contributed by atoms with Crippen LogP contribution in [-0.2, 0) is 14.8 Å². The van der Waals surface area contributed by atoms with Crippen molar-refractivity contribution < 1.29 is 13.2 Å². The number of amides is 1. The van der Waals surface area contributed by atoms with E-state index in [1.807, 2.05) is 30.3 Å². The van der Waals surface area contributed by atoms with Crippen LogP contribution in [-0.4, -0.2) is 26.6 Å². The van der Waals surface area contributed by atoms with Crippen LogP contribution >= 0.6 is 0 Å². The highest BCUT2D eigenvalue weighted by Crippen LogP contribution is 2.23. The number of benzene rings is 3. The van der Waals surface area contributed by atoms with Crippen molar-refractivity contribution in [3.8, 4) is 0 Å². The molecule has 0 aliphatic carbocycles. The number of hydrogen-bond donors (Lipinski definition) is 1. The van der Waals surface area contributed by atoms with Gasteiger partial charge in [-0.3, -0.25) is 9.10 Å². The van der Waals surface area contributed by atoms with Crippen molar-refractivity contribution >= 4 is 27.3 Å². The summed E-state index contributed by atoms with van der Waals surface area (Å²) in [6.07, 6.45) is 0. The second-order valence-corrected chi connectivity index (χ2v) is 8.12. The molecular weight excluding hydrogens is 386 g/mol. The van der Waals surface area contributed by atoms with Crippen molar-refractivity contribution in [2.24, 2.45) is 5.10 Å². The van der Waals surface area contributed by atoms with E-state index < -0.39 is 22.5 Å². The van der Waals surface area contributed by atoms with Gasteiger partial charge in [0.1, 0.15) is 6.54 Å². The molecule has 0 radical (unpaired) electrons. The standard InChI is InChI=1S/C22H21N3O3S/c1-18(19-11-5-2-6-12-19)23-24-22(26)17-25(20-13-7-3-8-14-20)29(27,28)21-15-9-4-10-16-21/h2-16H,17H2,1H3,(H,24,26)/b23-18-. The Hall–Kier alpha value is -3.45. The molecule has 0 saturated carbocycles. The normalized spacial score (nSPS) is 11.7. The number of rotatable bonds is 7. The van der Waals surface area contributed by atoms with E-state index in [0.29, 0.717) is 11.4 Å². The predicted octanol–water partition coefficient (Wildman–Crippen LogP) is 3.42. The first-order valence-electron chi connectivity index (χ1n) is 9.00. The average molecular weight is 407 g/mol. The summed E-state index contributed by atoms with van der Waals surface area (Å²) in [6, 6.07) is 25.9. The van der Waals surface area contributed by atoms with Gasteiger partial charge in [0, 0.05) is 0 Å².